The summed E-state index contributed by atoms with van der Waals surface area (Å²) in [4.78, 5) is 28.7. The number of carbonyl (C=O) groups excluding carboxylic acids is 2. The fraction of sp³-hybridized carbons (Fsp3) is 0.467. The Kier molecular flexibility index (Phi) is 13.1. The molecule has 10 nitrogen and oxygen atoms in total. The van der Waals surface area contributed by atoms with Crippen LogP contribution in [-0.2, 0) is 22.4 Å². The molecule has 2 aliphatic rings. The summed E-state index contributed by atoms with van der Waals surface area (Å²) in [6, 6.07) is 3.58. The highest BCUT2D eigenvalue weighted by Crippen LogP contribution is 2.28. The number of benzene rings is 1. The molecule has 40 heavy (non-hydrogen) atoms. The van der Waals surface area contributed by atoms with Crippen LogP contribution in [0.1, 0.15) is 61.5 Å². The maximum absolute atomic E-state index is 13.0. The van der Waals surface area contributed by atoms with Crippen LogP contribution in [0, 0.1) is 10.8 Å². The Hall–Kier alpha value is -3.92. The van der Waals surface area contributed by atoms with Gasteiger partial charge in [-0.25, -0.2) is 4.79 Å². The standard InChI is InChI=1S/C27H35N5O5.C3H8/c1-18(25(29)32-11-6-9-24(32)28)7-5-8-19(2)30-26(33)22-15-21-17-31(27(34)37-14-13-35-3)12-10-20(21)16-23(22)36-4;1-3-2/h5,7-8,15-16,28-29H,2,6,9-14,17H2,1,3-4H3,(H,30,33);3H2,1-2H3/b8-5-,18-7+,28-24?,29-25?;. The van der Waals surface area contributed by atoms with Gasteiger partial charge in [-0.3, -0.25) is 15.6 Å². The first kappa shape index (κ1) is 32.3. The minimum Gasteiger partial charge on any atom is -0.496 e. The summed E-state index contributed by atoms with van der Waals surface area (Å²) in [7, 11) is 3.06. The molecule has 2 aliphatic heterocycles. The van der Waals surface area contributed by atoms with Crippen molar-refractivity contribution < 1.29 is 23.8 Å². The van der Waals surface area contributed by atoms with Gasteiger partial charge in [0.15, 0.2) is 0 Å². The lowest BCUT2D eigenvalue weighted by Gasteiger charge is -2.29. The number of allylic oxidation sites excluding steroid dienone is 3. The Labute approximate surface area is 237 Å². The Bertz CT molecular complexity index is 1160. The Morgan fingerprint density at radius 2 is 1.85 bits per heavy atom. The van der Waals surface area contributed by atoms with E-state index in [4.69, 9.17) is 25.0 Å². The first-order valence-electron chi connectivity index (χ1n) is 13.6. The fourth-order valence-electron chi connectivity index (χ4n) is 4.17. The average molecular weight is 554 g/mol. The SMILES string of the molecule is C=C(/C=C\C=C(/C)C(=N)N1CCCC1=N)NC(=O)c1cc2c(cc1OC)CCN(C(=O)OCCOC)C2.CCC. The highest BCUT2D eigenvalue weighted by molar-refractivity contribution is 6.07. The van der Waals surface area contributed by atoms with E-state index < -0.39 is 6.09 Å². The van der Waals surface area contributed by atoms with Crippen molar-refractivity contribution >= 4 is 23.7 Å². The van der Waals surface area contributed by atoms with E-state index >= 15 is 0 Å². The van der Waals surface area contributed by atoms with Crippen molar-refractivity contribution in [2.75, 3.05) is 40.5 Å². The van der Waals surface area contributed by atoms with Gasteiger partial charge in [0.25, 0.3) is 5.91 Å². The van der Waals surface area contributed by atoms with Gasteiger partial charge in [-0.2, -0.15) is 0 Å². The summed E-state index contributed by atoms with van der Waals surface area (Å²) in [5.74, 6) is 0.829. The van der Waals surface area contributed by atoms with Crippen molar-refractivity contribution in [3.05, 3.63) is 64.9 Å². The molecule has 0 aliphatic carbocycles. The van der Waals surface area contributed by atoms with E-state index in [0.29, 0.717) is 73.3 Å². The Morgan fingerprint density at radius 1 is 1.12 bits per heavy atom. The van der Waals surface area contributed by atoms with Gasteiger partial charge >= 0.3 is 6.09 Å². The summed E-state index contributed by atoms with van der Waals surface area (Å²) in [6.07, 6.45) is 8.15. The molecule has 0 atom stereocenters. The molecule has 0 aromatic heterocycles. The number of hydrogen-bond donors (Lipinski definition) is 3. The molecule has 1 aromatic carbocycles. The van der Waals surface area contributed by atoms with E-state index in [2.05, 4.69) is 25.7 Å². The van der Waals surface area contributed by atoms with Crippen molar-refractivity contribution in [2.45, 2.75) is 53.0 Å². The second-order valence-corrected chi connectivity index (χ2v) is 9.55. The van der Waals surface area contributed by atoms with E-state index in [-0.39, 0.29) is 12.5 Å². The van der Waals surface area contributed by atoms with Gasteiger partial charge in [-0.1, -0.05) is 39.0 Å². The first-order chi connectivity index (χ1) is 19.2. The van der Waals surface area contributed by atoms with E-state index in [1.165, 1.54) is 13.5 Å². The van der Waals surface area contributed by atoms with Crippen molar-refractivity contribution in [1.29, 1.82) is 10.8 Å². The molecule has 0 spiro atoms. The maximum Gasteiger partial charge on any atom is 0.410 e. The second-order valence-electron chi connectivity index (χ2n) is 9.55. The molecule has 0 bridgehead atoms. The predicted octanol–water partition coefficient (Wildman–Crippen LogP) is 5.05. The van der Waals surface area contributed by atoms with Crippen LogP contribution in [0.25, 0.3) is 0 Å². The number of likely N-dealkylation sites (tertiary alicyclic amines) is 1. The molecule has 0 unspecified atom stereocenters. The zero-order valence-electron chi connectivity index (χ0n) is 24.4. The predicted molar refractivity (Wildman–Crippen MR) is 157 cm³/mol. The number of amidine groups is 2. The van der Waals surface area contributed by atoms with Gasteiger partial charge in [0.05, 0.1) is 19.3 Å². The van der Waals surface area contributed by atoms with E-state index in [1.807, 2.05) is 13.0 Å². The van der Waals surface area contributed by atoms with Crippen molar-refractivity contribution in [3.8, 4) is 5.75 Å². The minimum absolute atomic E-state index is 0.183. The maximum atomic E-state index is 13.0. The van der Waals surface area contributed by atoms with Crippen molar-refractivity contribution in [1.82, 2.24) is 15.1 Å². The zero-order valence-corrected chi connectivity index (χ0v) is 24.4. The van der Waals surface area contributed by atoms with Crippen molar-refractivity contribution in [3.63, 3.8) is 0 Å². The van der Waals surface area contributed by atoms with Crippen LogP contribution >= 0.6 is 0 Å². The molecule has 0 radical (unpaired) electrons. The van der Waals surface area contributed by atoms with Crippen LogP contribution in [0.2, 0.25) is 0 Å². The summed E-state index contributed by atoms with van der Waals surface area (Å²) in [5, 5.41) is 19.0. The number of methoxy groups -OCH3 is 2. The van der Waals surface area contributed by atoms with Crippen LogP contribution in [0.15, 0.2) is 48.2 Å². The highest BCUT2D eigenvalue weighted by atomic mass is 16.6. The lowest BCUT2D eigenvalue weighted by molar-refractivity contribution is 0.0688. The molecule has 2 amide bonds. The summed E-state index contributed by atoms with van der Waals surface area (Å²) < 4.78 is 15.6. The lowest BCUT2D eigenvalue weighted by Crippen LogP contribution is -2.37. The van der Waals surface area contributed by atoms with Crippen LogP contribution < -0.4 is 10.1 Å². The first-order valence-corrected chi connectivity index (χ1v) is 13.6. The molecule has 218 valence electrons. The van der Waals surface area contributed by atoms with Crippen LogP contribution in [0.5, 0.6) is 5.75 Å². The molecule has 2 heterocycles. The van der Waals surface area contributed by atoms with Gasteiger partial charge in [0.1, 0.15) is 24.0 Å². The van der Waals surface area contributed by atoms with E-state index in [0.717, 1.165) is 17.5 Å². The molecule has 1 fully saturated rings. The second kappa shape index (κ2) is 16.2. The van der Waals surface area contributed by atoms with Gasteiger partial charge in [-0.05, 0) is 54.7 Å². The lowest BCUT2D eigenvalue weighted by atomic mass is 9.96. The molecule has 1 aromatic rings. The van der Waals surface area contributed by atoms with E-state index in [9.17, 15) is 9.59 Å². The van der Waals surface area contributed by atoms with Gasteiger partial charge in [-0.15, -0.1) is 0 Å². The quantitative estimate of drug-likeness (QED) is 0.170. The van der Waals surface area contributed by atoms with Crippen LogP contribution in [0.3, 0.4) is 0 Å². The normalized spacial score (nSPS) is 14.8. The van der Waals surface area contributed by atoms with Gasteiger partial charge < -0.3 is 29.3 Å². The number of nitrogens with zero attached hydrogens (tertiary/aromatic N) is 2. The third-order valence-electron chi connectivity index (χ3n) is 6.23. The van der Waals surface area contributed by atoms with Crippen molar-refractivity contribution in [2.24, 2.45) is 0 Å². The third kappa shape index (κ3) is 9.08. The summed E-state index contributed by atoms with van der Waals surface area (Å²) in [5.41, 5.74) is 3.29. The minimum atomic E-state index is -0.416. The van der Waals surface area contributed by atoms with Gasteiger partial charge in [0.2, 0.25) is 0 Å². The molecule has 1 saturated heterocycles. The fourth-order valence-corrected chi connectivity index (χ4v) is 4.17. The summed E-state index contributed by atoms with van der Waals surface area (Å²) >= 11 is 0. The number of nitrogens with one attached hydrogen (secondary N) is 3. The molecular formula is C30H43N5O5. The summed E-state index contributed by atoms with van der Waals surface area (Å²) in [6.45, 7) is 12.0. The number of amides is 2. The molecule has 0 saturated carbocycles. The van der Waals surface area contributed by atoms with Gasteiger partial charge in [0, 0.05) is 38.9 Å². The Morgan fingerprint density at radius 3 is 2.48 bits per heavy atom. The molecule has 10 heteroatoms. The molecule has 3 N–H and O–H groups in total. The topological polar surface area (TPSA) is 128 Å². The number of fused-ring (bicyclic) bond motifs is 1. The number of rotatable bonds is 9. The largest absolute Gasteiger partial charge is 0.496 e. The average Bonchev–Trinajstić information content (AvgIpc) is 3.37. The van der Waals surface area contributed by atoms with Crippen LogP contribution in [0.4, 0.5) is 4.79 Å². The smallest absolute Gasteiger partial charge is 0.410 e. The number of ether oxygens (including phenoxy) is 3. The molecular weight excluding hydrogens is 510 g/mol. The number of hydrogen-bond acceptors (Lipinski definition) is 7. The third-order valence-corrected chi connectivity index (χ3v) is 6.23. The zero-order chi connectivity index (χ0) is 29.7. The number of carbonyl (C=O) groups is 2. The van der Waals surface area contributed by atoms with Crippen LogP contribution in [-0.4, -0.2) is 74.0 Å². The molecule has 3 rings (SSSR count). The highest BCUT2D eigenvalue weighted by Gasteiger charge is 2.25. The van der Waals surface area contributed by atoms with E-state index in [1.54, 1.807) is 41.2 Å². The Balaban J connectivity index is 0.00000178. The monoisotopic (exact) mass is 553 g/mol.